The molecule has 0 atom stereocenters. The van der Waals surface area contributed by atoms with Crippen LogP contribution in [0.1, 0.15) is 41.4 Å². The maximum atomic E-state index is 12.3. The fraction of sp³-hybridized carbons (Fsp3) is 0.316. The summed E-state index contributed by atoms with van der Waals surface area (Å²) in [5, 5.41) is 4.41. The fourth-order valence-electron chi connectivity index (χ4n) is 2.28. The maximum absolute atomic E-state index is 12.3. The van der Waals surface area contributed by atoms with E-state index < -0.39 is 5.97 Å². The van der Waals surface area contributed by atoms with Crippen LogP contribution in [0.5, 0.6) is 5.75 Å². The molecule has 0 saturated carbocycles. The Bertz CT molecular complexity index is 773. The average molecular weight is 342 g/mol. The minimum Gasteiger partial charge on any atom is -0.482 e. The first kappa shape index (κ1) is 18.4. The van der Waals surface area contributed by atoms with Gasteiger partial charge in [0.05, 0.1) is 12.8 Å². The second kappa shape index (κ2) is 8.28. The Labute approximate surface area is 147 Å². The number of hydrogen-bond acceptors (Lipinski definition) is 5. The topological polar surface area (TPSA) is 70.4 Å². The Morgan fingerprint density at radius 1 is 1.24 bits per heavy atom. The summed E-state index contributed by atoms with van der Waals surface area (Å²) < 4.78 is 11.5. The highest BCUT2D eigenvalue weighted by molar-refractivity contribution is 6.06. The van der Waals surface area contributed by atoms with Crippen LogP contribution in [0.15, 0.2) is 36.5 Å². The quantitative estimate of drug-likeness (QED) is 0.439. The van der Waals surface area contributed by atoms with Gasteiger partial charge in [0, 0.05) is 24.4 Å². The van der Waals surface area contributed by atoms with E-state index in [1.54, 1.807) is 35.0 Å². The number of ketones is 1. The van der Waals surface area contributed by atoms with Crippen LogP contribution >= 0.6 is 0 Å². The van der Waals surface area contributed by atoms with Gasteiger partial charge in [-0.2, -0.15) is 5.10 Å². The summed E-state index contributed by atoms with van der Waals surface area (Å²) in [7, 11) is 3.16. The lowest BCUT2D eigenvalue weighted by Crippen LogP contribution is -2.12. The first-order chi connectivity index (χ1) is 11.9. The van der Waals surface area contributed by atoms with Crippen molar-refractivity contribution < 1.29 is 19.1 Å². The van der Waals surface area contributed by atoms with Gasteiger partial charge in [-0.25, -0.2) is 4.79 Å². The lowest BCUT2D eigenvalue weighted by atomic mass is 10.0. The molecular formula is C19H22N2O4. The predicted octanol–water partition coefficient (Wildman–Crippen LogP) is 2.99. The van der Waals surface area contributed by atoms with E-state index in [-0.39, 0.29) is 18.3 Å². The standard InChI is InChI=1S/C19H22N2O4/c1-13(2)19-15(11-21(3)20-19)7-10-17(22)14-5-8-16(9-6-14)25-12-18(23)24-4/h5-11,13H,12H2,1-4H3/b10-7+. The summed E-state index contributed by atoms with van der Waals surface area (Å²) in [6.07, 6.45) is 5.21. The van der Waals surface area contributed by atoms with Gasteiger partial charge in [-0.3, -0.25) is 9.48 Å². The molecule has 0 saturated heterocycles. The Kier molecular flexibility index (Phi) is 6.11. The largest absolute Gasteiger partial charge is 0.482 e. The molecule has 0 N–H and O–H groups in total. The van der Waals surface area contributed by atoms with Gasteiger partial charge in [0.15, 0.2) is 12.4 Å². The van der Waals surface area contributed by atoms with E-state index in [2.05, 4.69) is 23.7 Å². The Hall–Kier alpha value is -2.89. The molecule has 25 heavy (non-hydrogen) atoms. The lowest BCUT2D eigenvalue weighted by molar-refractivity contribution is -0.142. The molecule has 0 bridgehead atoms. The number of methoxy groups -OCH3 is 1. The van der Waals surface area contributed by atoms with Crippen molar-refractivity contribution in [3.8, 4) is 5.75 Å². The van der Waals surface area contributed by atoms with E-state index in [4.69, 9.17) is 4.74 Å². The Balaban J connectivity index is 2.04. The molecule has 132 valence electrons. The molecule has 1 heterocycles. The molecule has 2 aromatic rings. The highest BCUT2D eigenvalue weighted by Gasteiger charge is 2.10. The van der Waals surface area contributed by atoms with Gasteiger partial charge in [-0.15, -0.1) is 0 Å². The number of aromatic nitrogens is 2. The van der Waals surface area contributed by atoms with Gasteiger partial charge in [-0.1, -0.05) is 13.8 Å². The van der Waals surface area contributed by atoms with E-state index in [9.17, 15) is 9.59 Å². The molecule has 6 nitrogen and oxygen atoms in total. The molecule has 1 aromatic carbocycles. The van der Waals surface area contributed by atoms with Crippen molar-refractivity contribution in [1.82, 2.24) is 9.78 Å². The van der Waals surface area contributed by atoms with Crippen molar-refractivity contribution >= 4 is 17.8 Å². The highest BCUT2D eigenvalue weighted by Crippen LogP contribution is 2.19. The zero-order valence-corrected chi connectivity index (χ0v) is 14.9. The van der Waals surface area contributed by atoms with Crippen LogP contribution in [0.25, 0.3) is 6.08 Å². The van der Waals surface area contributed by atoms with Crippen molar-refractivity contribution in [3.63, 3.8) is 0 Å². The van der Waals surface area contributed by atoms with Crippen molar-refractivity contribution in [2.24, 2.45) is 7.05 Å². The Morgan fingerprint density at radius 2 is 1.92 bits per heavy atom. The van der Waals surface area contributed by atoms with Crippen LogP contribution < -0.4 is 4.74 Å². The number of aryl methyl sites for hydroxylation is 1. The number of carbonyl (C=O) groups is 2. The van der Waals surface area contributed by atoms with Gasteiger partial charge < -0.3 is 9.47 Å². The molecule has 0 aliphatic heterocycles. The summed E-state index contributed by atoms with van der Waals surface area (Å²) in [5.74, 6) is 0.209. The molecule has 0 radical (unpaired) electrons. The van der Waals surface area contributed by atoms with Crippen molar-refractivity contribution in [2.75, 3.05) is 13.7 Å². The van der Waals surface area contributed by atoms with E-state index in [1.807, 2.05) is 13.2 Å². The third-order valence-electron chi connectivity index (χ3n) is 3.57. The molecule has 1 aromatic heterocycles. The number of hydrogen-bond donors (Lipinski definition) is 0. The molecule has 0 aliphatic carbocycles. The number of rotatable bonds is 7. The Morgan fingerprint density at radius 3 is 2.52 bits per heavy atom. The predicted molar refractivity (Wildman–Crippen MR) is 94.6 cm³/mol. The van der Waals surface area contributed by atoms with Crippen molar-refractivity contribution in [3.05, 3.63) is 53.4 Å². The molecule has 6 heteroatoms. The van der Waals surface area contributed by atoms with Gasteiger partial charge in [0.1, 0.15) is 5.75 Å². The third kappa shape index (κ3) is 5.04. The number of benzene rings is 1. The molecule has 0 spiro atoms. The summed E-state index contributed by atoms with van der Waals surface area (Å²) in [6.45, 7) is 3.96. The van der Waals surface area contributed by atoms with Gasteiger partial charge in [-0.05, 0) is 42.3 Å². The van der Waals surface area contributed by atoms with Gasteiger partial charge in [0.25, 0.3) is 0 Å². The van der Waals surface area contributed by atoms with Gasteiger partial charge in [0.2, 0.25) is 0 Å². The monoisotopic (exact) mass is 342 g/mol. The summed E-state index contributed by atoms with van der Waals surface area (Å²) >= 11 is 0. The molecule has 0 aliphatic rings. The number of allylic oxidation sites excluding steroid dienone is 1. The maximum Gasteiger partial charge on any atom is 0.343 e. The lowest BCUT2D eigenvalue weighted by Gasteiger charge is -2.05. The third-order valence-corrected chi connectivity index (χ3v) is 3.57. The van der Waals surface area contributed by atoms with Crippen molar-refractivity contribution in [2.45, 2.75) is 19.8 Å². The van der Waals surface area contributed by atoms with E-state index in [0.29, 0.717) is 11.3 Å². The van der Waals surface area contributed by atoms with Crippen molar-refractivity contribution in [1.29, 1.82) is 0 Å². The average Bonchev–Trinajstić information content (AvgIpc) is 2.99. The number of ether oxygens (including phenoxy) is 2. The summed E-state index contributed by atoms with van der Waals surface area (Å²) in [5.41, 5.74) is 2.43. The molecule has 0 fully saturated rings. The molecule has 0 unspecified atom stereocenters. The minimum atomic E-state index is -0.458. The van der Waals surface area contributed by atoms with E-state index in [1.165, 1.54) is 13.2 Å². The smallest absolute Gasteiger partial charge is 0.343 e. The number of nitrogens with zero attached hydrogens (tertiary/aromatic N) is 2. The minimum absolute atomic E-state index is 0.113. The van der Waals surface area contributed by atoms with E-state index in [0.717, 1.165) is 11.3 Å². The SMILES string of the molecule is COC(=O)COc1ccc(C(=O)/C=C/c2cn(C)nc2C(C)C)cc1. The van der Waals surface area contributed by atoms with E-state index >= 15 is 0 Å². The van der Waals surface area contributed by atoms with Crippen LogP contribution in [0.3, 0.4) is 0 Å². The fourth-order valence-corrected chi connectivity index (χ4v) is 2.28. The second-order valence-corrected chi connectivity index (χ2v) is 5.88. The number of esters is 1. The first-order valence-electron chi connectivity index (χ1n) is 7.96. The van der Waals surface area contributed by atoms with Crippen LogP contribution in [0.2, 0.25) is 0 Å². The van der Waals surface area contributed by atoms with Gasteiger partial charge >= 0.3 is 5.97 Å². The van der Waals surface area contributed by atoms with Crippen LogP contribution in [-0.4, -0.2) is 35.2 Å². The molecule has 0 amide bonds. The first-order valence-corrected chi connectivity index (χ1v) is 7.96. The zero-order valence-electron chi connectivity index (χ0n) is 14.9. The summed E-state index contributed by atoms with van der Waals surface area (Å²) in [6, 6.07) is 6.61. The highest BCUT2D eigenvalue weighted by atomic mass is 16.6. The molecular weight excluding hydrogens is 320 g/mol. The number of carbonyl (C=O) groups excluding carboxylic acids is 2. The van der Waals surface area contributed by atoms with Crippen LogP contribution in [0.4, 0.5) is 0 Å². The normalized spacial score (nSPS) is 11.1. The summed E-state index contributed by atoms with van der Waals surface area (Å²) in [4.78, 5) is 23.3. The van der Waals surface area contributed by atoms with Crippen LogP contribution in [0, 0.1) is 0 Å². The molecule has 2 rings (SSSR count). The zero-order chi connectivity index (χ0) is 18.4. The second-order valence-electron chi connectivity index (χ2n) is 5.88. The van der Waals surface area contributed by atoms with Crippen LogP contribution in [-0.2, 0) is 16.6 Å².